The average molecular weight is 306 g/mol. The third kappa shape index (κ3) is 2.99. The Labute approximate surface area is 129 Å². The molecule has 0 spiro atoms. The predicted molar refractivity (Wildman–Crippen MR) is 82.1 cm³/mol. The molecular formula is C15H22N4O3. The summed E-state index contributed by atoms with van der Waals surface area (Å²) in [7, 11) is 3.67. The van der Waals surface area contributed by atoms with Gasteiger partial charge in [0.05, 0.1) is 5.69 Å². The number of hydrogen-bond acceptors (Lipinski definition) is 5. The minimum atomic E-state index is -0.275. The van der Waals surface area contributed by atoms with Gasteiger partial charge in [0.1, 0.15) is 6.10 Å². The lowest BCUT2D eigenvalue weighted by Crippen LogP contribution is -2.37. The summed E-state index contributed by atoms with van der Waals surface area (Å²) in [6.45, 7) is 1.99. The molecule has 1 aromatic heterocycles. The summed E-state index contributed by atoms with van der Waals surface area (Å²) in [5, 5.41) is 0. The summed E-state index contributed by atoms with van der Waals surface area (Å²) in [4.78, 5) is 35.0. The summed E-state index contributed by atoms with van der Waals surface area (Å²) in [6.07, 6.45) is 2.33. The van der Waals surface area contributed by atoms with E-state index in [1.54, 1.807) is 4.90 Å². The minimum Gasteiger partial charge on any atom is -0.368 e. The van der Waals surface area contributed by atoms with Crippen molar-refractivity contribution in [2.75, 3.05) is 38.7 Å². The highest BCUT2D eigenvalue weighted by molar-refractivity contribution is 5.81. The normalized spacial score (nSPS) is 24.7. The standard InChI is InChI=1S/C15H22N4O3/c1-18(2)15-16-11(8-13(20)17-15)10-5-6-19(9-10)14(21)12-4-3-7-22-12/h8,10,12H,3-7,9H2,1-2H3,(H,16,17,20). The van der Waals surface area contributed by atoms with Gasteiger partial charge in [-0.25, -0.2) is 4.98 Å². The summed E-state index contributed by atoms with van der Waals surface area (Å²) in [6, 6.07) is 1.54. The van der Waals surface area contributed by atoms with Crippen molar-refractivity contribution in [2.24, 2.45) is 0 Å². The molecule has 2 fully saturated rings. The fourth-order valence-corrected chi connectivity index (χ4v) is 3.06. The SMILES string of the molecule is CN(C)c1nc(C2CCN(C(=O)C3CCCO3)C2)cc(=O)[nH]1. The van der Waals surface area contributed by atoms with Crippen LogP contribution in [-0.2, 0) is 9.53 Å². The van der Waals surface area contributed by atoms with Gasteiger partial charge in [0.15, 0.2) is 0 Å². The number of rotatable bonds is 3. The Kier molecular flexibility index (Phi) is 4.15. The summed E-state index contributed by atoms with van der Waals surface area (Å²) < 4.78 is 5.47. The Balaban J connectivity index is 1.72. The number of carbonyl (C=O) groups excluding carboxylic acids is 1. The molecule has 2 unspecified atom stereocenters. The van der Waals surface area contributed by atoms with Crippen molar-refractivity contribution in [3.8, 4) is 0 Å². The number of aromatic nitrogens is 2. The van der Waals surface area contributed by atoms with Gasteiger partial charge < -0.3 is 14.5 Å². The number of ether oxygens (including phenoxy) is 1. The molecule has 2 saturated heterocycles. The molecule has 2 atom stereocenters. The molecule has 7 nitrogen and oxygen atoms in total. The Morgan fingerprint density at radius 3 is 2.95 bits per heavy atom. The highest BCUT2D eigenvalue weighted by atomic mass is 16.5. The van der Waals surface area contributed by atoms with Gasteiger partial charge in [-0.2, -0.15) is 0 Å². The lowest BCUT2D eigenvalue weighted by Gasteiger charge is -2.20. The number of carbonyl (C=O) groups is 1. The van der Waals surface area contributed by atoms with E-state index in [0.717, 1.165) is 25.0 Å². The van der Waals surface area contributed by atoms with Gasteiger partial charge in [-0.15, -0.1) is 0 Å². The monoisotopic (exact) mass is 306 g/mol. The first-order chi connectivity index (χ1) is 10.5. The van der Waals surface area contributed by atoms with Gasteiger partial charge in [-0.1, -0.05) is 0 Å². The third-order valence-electron chi connectivity index (χ3n) is 4.30. The van der Waals surface area contributed by atoms with Crippen molar-refractivity contribution in [3.05, 3.63) is 22.1 Å². The van der Waals surface area contributed by atoms with Crippen molar-refractivity contribution < 1.29 is 9.53 Å². The largest absolute Gasteiger partial charge is 0.368 e. The molecule has 1 amide bonds. The van der Waals surface area contributed by atoms with Crippen LogP contribution >= 0.6 is 0 Å². The molecule has 0 aromatic carbocycles. The van der Waals surface area contributed by atoms with E-state index in [9.17, 15) is 9.59 Å². The molecule has 2 aliphatic rings. The number of nitrogens with one attached hydrogen (secondary N) is 1. The Morgan fingerprint density at radius 1 is 1.45 bits per heavy atom. The van der Waals surface area contributed by atoms with Crippen molar-refractivity contribution in [1.82, 2.24) is 14.9 Å². The number of hydrogen-bond donors (Lipinski definition) is 1. The lowest BCUT2D eigenvalue weighted by molar-refractivity contribution is -0.139. The fourth-order valence-electron chi connectivity index (χ4n) is 3.06. The first kappa shape index (κ1) is 15.0. The maximum absolute atomic E-state index is 12.4. The molecule has 7 heteroatoms. The zero-order chi connectivity index (χ0) is 15.7. The zero-order valence-corrected chi connectivity index (χ0v) is 13.0. The molecule has 0 radical (unpaired) electrons. The number of aromatic amines is 1. The smallest absolute Gasteiger partial charge is 0.252 e. The van der Waals surface area contributed by atoms with Gasteiger partial charge in [0.2, 0.25) is 5.95 Å². The molecule has 1 aromatic rings. The van der Waals surface area contributed by atoms with Crippen molar-refractivity contribution in [3.63, 3.8) is 0 Å². The number of H-pyrrole nitrogens is 1. The van der Waals surface area contributed by atoms with Crippen LogP contribution in [0.25, 0.3) is 0 Å². The second-order valence-corrected chi connectivity index (χ2v) is 6.16. The second-order valence-electron chi connectivity index (χ2n) is 6.16. The van der Waals surface area contributed by atoms with Gasteiger partial charge in [0, 0.05) is 45.8 Å². The maximum atomic E-state index is 12.4. The molecule has 0 aliphatic carbocycles. The second kappa shape index (κ2) is 6.08. The van der Waals surface area contributed by atoms with Crippen LogP contribution < -0.4 is 10.5 Å². The van der Waals surface area contributed by atoms with E-state index < -0.39 is 0 Å². The molecule has 22 heavy (non-hydrogen) atoms. The Hall–Kier alpha value is -1.89. The van der Waals surface area contributed by atoms with E-state index in [0.29, 0.717) is 25.6 Å². The van der Waals surface area contributed by atoms with Crippen LogP contribution in [0.1, 0.15) is 30.9 Å². The lowest BCUT2D eigenvalue weighted by atomic mass is 10.0. The van der Waals surface area contributed by atoms with Crippen LogP contribution in [0.4, 0.5) is 5.95 Å². The van der Waals surface area contributed by atoms with Gasteiger partial charge >= 0.3 is 0 Å². The Morgan fingerprint density at radius 2 is 2.27 bits per heavy atom. The Bertz CT molecular complexity index is 607. The van der Waals surface area contributed by atoms with E-state index in [1.807, 2.05) is 19.0 Å². The van der Waals surface area contributed by atoms with Gasteiger partial charge in [-0.3, -0.25) is 14.6 Å². The first-order valence-electron chi connectivity index (χ1n) is 7.73. The van der Waals surface area contributed by atoms with Crippen LogP contribution in [0.2, 0.25) is 0 Å². The molecular weight excluding hydrogens is 284 g/mol. The van der Waals surface area contributed by atoms with E-state index in [2.05, 4.69) is 9.97 Å². The number of likely N-dealkylation sites (tertiary alicyclic amines) is 1. The number of nitrogens with zero attached hydrogens (tertiary/aromatic N) is 3. The molecule has 2 aliphatic heterocycles. The van der Waals surface area contributed by atoms with E-state index in [-0.39, 0.29) is 23.5 Å². The first-order valence-corrected chi connectivity index (χ1v) is 7.73. The molecule has 0 bridgehead atoms. The highest BCUT2D eigenvalue weighted by Gasteiger charge is 2.34. The van der Waals surface area contributed by atoms with Crippen molar-refractivity contribution in [2.45, 2.75) is 31.3 Å². The average Bonchev–Trinajstić information content (AvgIpc) is 3.17. The predicted octanol–water partition coefficient (Wildman–Crippen LogP) is 0.331. The zero-order valence-electron chi connectivity index (χ0n) is 13.0. The molecule has 1 N–H and O–H groups in total. The van der Waals surface area contributed by atoms with Gasteiger partial charge in [0.25, 0.3) is 11.5 Å². The van der Waals surface area contributed by atoms with Crippen molar-refractivity contribution >= 4 is 11.9 Å². The molecule has 0 saturated carbocycles. The van der Waals surface area contributed by atoms with Crippen LogP contribution in [0.15, 0.2) is 10.9 Å². The summed E-state index contributed by atoms with van der Waals surface area (Å²) >= 11 is 0. The number of amides is 1. The third-order valence-corrected chi connectivity index (χ3v) is 4.30. The van der Waals surface area contributed by atoms with Crippen molar-refractivity contribution in [1.29, 1.82) is 0 Å². The quantitative estimate of drug-likeness (QED) is 0.871. The van der Waals surface area contributed by atoms with Crippen LogP contribution in [-0.4, -0.2) is 60.7 Å². The topological polar surface area (TPSA) is 78.5 Å². The van der Waals surface area contributed by atoms with Crippen LogP contribution in [0, 0.1) is 0 Å². The minimum absolute atomic E-state index is 0.0812. The molecule has 3 heterocycles. The van der Waals surface area contributed by atoms with Gasteiger partial charge in [-0.05, 0) is 19.3 Å². The number of anilines is 1. The van der Waals surface area contributed by atoms with E-state index >= 15 is 0 Å². The van der Waals surface area contributed by atoms with Crippen LogP contribution in [0.5, 0.6) is 0 Å². The van der Waals surface area contributed by atoms with E-state index in [4.69, 9.17) is 4.74 Å². The maximum Gasteiger partial charge on any atom is 0.252 e. The highest BCUT2D eigenvalue weighted by Crippen LogP contribution is 2.27. The summed E-state index contributed by atoms with van der Waals surface area (Å²) in [5.41, 5.74) is 0.604. The molecule has 120 valence electrons. The molecule has 3 rings (SSSR count). The van der Waals surface area contributed by atoms with E-state index in [1.165, 1.54) is 6.07 Å². The summed E-state index contributed by atoms with van der Waals surface area (Å²) in [5.74, 6) is 0.746. The van der Waals surface area contributed by atoms with Crippen LogP contribution in [0.3, 0.4) is 0 Å². The fraction of sp³-hybridized carbons (Fsp3) is 0.667.